The number of pyridine rings is 1. The highest BCUT2D eigenvalue weighted by molar-refractivity contribution is 6.31. The molecule has 0 radical (unpaired) electrons. The van der Waals surface area contributed by atoms with E-state index < -0.39 is 5.82 Å². The largest absolute Gasteiger partial charge is 0.350 e. The fourth-order valence-corrected chi connectivity index (χ4v) is 3.81. The summed E-state index contributed by atoms with van der Waals surface area (Å²) in [5.41, 5.74) is 1.19. The minimum atomic E-state index is -0.498. The number of nitrogens with zero attached hydrogens (tertiary/aromatic N) is 5. The van der Waals surface area contributed by atoms with Crippen LogP contribution in [0.15, 0.2) is 42.6 Å². The summed E-state index contributed by atoms with van der Waals surface area (Å²) in [5, 5.41) is 0.0986. The molecule has 2 aromatic heterocycles. The second-order valence-electron chi connectivity index (χ2n) is 6.81. The maximum atomic E-state index is 14.1. The van der Waals surface area contributed by atoms with E-state index in [1.165, 1.54) is 18.2 Å². The minimum absolute atomic E-state index is 0.0122. The standard InChI is InChI=1S/C20H17Cl2F2N5/c1-12-11-28(19-16(24)3-2-6-25-19)7-8-29(12)18-10-17(26-20(22)27-18)13-4-5-15(23)14(21)9-13/h2-6,9-10,12H,7-8,11H2,1H3. The molecule has 3 aromatic rings. The van der Waals surface area contributed by atoms with Gasteiger partial charge in [-0.2, -0.15) is 0 Å². The third-order valence-electron chi connectivity index (χ3n) is 4.86. The van der Waals surface area contributed by atoms with Crippen molar-refractivity contribution in [2.75, 3.05) is 29.4 Å². The Kier molecular flexibility index (Phi) is 5.52. The van der Waals surface area contributed by atoms with E-state index in [2.05, 4.69) is 19.9 Å². The highest BCUT2D eigenvalue weighted by Gasteiger charge is 2.27. The molecule has 150 valence electrons. The van der Waals surface area contributed by atoms with Crippen LogP contribution in [0.2, 0.25) is 10.3 Å². The molecule has 1 unspecified atom stereocenters. The molecule has 1 saturated heterocycles. The van der Waals surface area contributed by atoms with Gasteiger partial charge in [-0.15, -0.1) is 0 Å². The van der Waals surface area contributed by atoms with Crippen molar-refractivity contribution in [3.63, 3.8) is 0 Å². The second kappa shape index (κ2) is 8.08. The fourth-order valence-electron chi connectivity index (χ4n) is 3.46. The summed E-state index contributed by atoms with van der Waals surface area (Å²) >= 11 is 12.1. The molecule has 1 aliphatic heterocycles. The van der Waals surface area contributed by atoms with Crippen molar-refractivity contribution in [3.05, 3.63) is 64.5 Å². The average Bonchev–Trinajstić information content (AvgIpc) is 2.70. The monoisotopic (exact) mass is 435 g/mol. The number of hydrogen-bond donors (Lipinski definition) is 0. The minimum Gasteiger partial charge on any atom is -0.350 e. The van der Waals surface area contributed by atoms with Crippen LogP contribution in [0, 0.1) is 11.6 Å². The van der Waals surface area contributed by atoms with Crippen LogP contribution in [-0.4, -0.2) is 40.6 Å². The number of halogens is 4. The van der Waals surface area contributed by atoms with Crippen LogP contribution >= 0.6 is 23.2 Å². The van der Waals surface area contributed by atoms with E-state index in [1.54, 1.807) is 24.4 Å². The predicted octanol–water partition coefficient (Wildman–Crippen LogP) is 4.84. The highest BCUT2D eigenvalue weighted by atomic mass is 35.5. The van der Waals surface area contributed by atoms with Gasteiger partial charge in [0.25, 0.3) is 0 Å². The van der Waals surface area contributed by atoms with Crippen molar-refractivity contribution in [1.29, 1.82) is 0 Å². The lowest BCUT2D eigenvalue weighted by molar-refractivity contribution is 0.528. The zero-order chi connectivity index (χ0) is 20.5. The summed E-state index contributed by atoms with van der Waals surface area (Å²) in [6.07, 6.45) is 1.58. The molecule has 0 N–H and O–H groups in total. The molecule has 1 aromatic carbocycles. The molecule has 5 nitrogen and oxygen atoms in total. The van der Waals surface area contributed by atoms with Gasteiger partial charge in [0.2, 0.25) is 5.28 Å². The number of aromatic nitrogens is 3. The van der Waals surface area contributed by atoms with Crippen LogP contribution in [0.25, 0.3) is 11.3 Å². The Balaban J connectivity index is 1.60. The summed E-state index contributed by atoms with van der Waals surface area (Å²) < 4.78 is 27.6. The van der Waals surface area contributed by atoms with Crippen LogP contribution in [0.5, 0.6) is 0 Å². The topological polar surface area (TPSA) is 45.2 Å². The number of benzene rings is 1. The third kappa shape index (κ3) is 4.11. The van der Waals surface area contributed by atoms with Gasteiger partial charge in [-0.1, -0.05) is 11.6 Å². The Morgan fingerprint density at radius 3 is 2.59 bits per heavy atom. The molecule has 0 bridgehead atoms. The molecule has 29 heavy (non-hydrogen) atoms. The molecule has 9 heteroatoms. The van der Waals surface area contributed by atoms with Crippen LogP contribution in [0.3, 0.4) is 0 Å². The average molecular weight is 436 g/mol. The maximum absolute atomic E-state index is 14.1. The lowest BCUT2D eigenvalue weighted by Gasteiger charge is -2.41. The summed E-state index contributed by atoms with van der Waals surface area (Å²) in [5.74, 6) is 0.159. The van der Waals surface area contributed by atoms with Gasteiger partial charge < -0.3 is 9.80 Å². The van der Waals surface area contributed by atoms with E-state index in [-0.39, 0.29) is 22.2 Å². The van der Waals surface area contributed by atoms with Gasteiger partial charge in [-0.25, -0.2) is 23.7 Å². The zero-order valence-corrected chi connectivity index (χ0v) is 17.0. The molecule has 1 atom stereocenters. The summed E-state index contributed by atoms with van der Waals surface area (Å²) in [7, 11) is 0. The highest BCUT2D eigenvalue weighted by Crippen LogP contribution is 2.29. The maximum Gasteiger partial charge on any atom is 0.224 e. The Hall–Kier alpha value is -2.51. The molecular weight excluding hydrogens is 419 g/mol. The summed E-state index contributed by atoms with van der Waals surface area (Å²) in [6, 6.07) is 9.19. The first kappa shape index (κ1) is 19.8. The molecule has 1 fully saturated rings. The molecule has 1 aliphatic rings. The lowest BCUT2D eigenvalue weighted by atomic mass is 10.1. The normalized spacial score (nSPS) is 16.9. The van der Waals surface area contributed by atoms with E-state index in [0.29, 0.717) is 42.5 Å². The molecule has 0 saturated carbocycles. The van der Waals surface area contributed by atoms with Gasteiger partial charge in [-0.05, 0) is 48.9 Å². The number of anilines is 2. The van der Waals surface area contributed by atoms with Gasteiger partial charge in [0.1, 0.15) is 11.6 Å². The summed E-state index contributed by atoms with van der Waals surface area (Å²) in [4.78, 5) is 16.8. The first-order chi connectivity index (χ1) is 13.9. The van der Waals surface area contributed by atoms with Crippen LogP contribution < -0.4 is 9.80 Å². The molecule has 0 aliphatic carbocycles. The molecule has 0 amide bonds. The van der Waals surface area contributed by atoms with Crippen molar-refractivity contribution in [1.82, 2.24) is 15.0 Å². The molecule has 0 spiro atoms. The fraction of sp³-hybridized carbons (Fsp3) is 0.250. The quantitative estimate of drug-likeness (QED) is 0.550. The van der Waals surface area contributed by atoms with Crippen LogP contribution in [0.4, 0.5) is 20.4 Å². The van der Waals surface area contributed by atoms with Crippen molar-refractivity contribution in [2.45, 2.75) is 13.0 Å². The Morgan fingerprint density at radius 2 is 1.86 bits per heavy atom. The predicted molar refractivity (Wildman–Crippen MR) is 111 cm³/mol. The van der Waals surface area contributed by atoms with E-state index in [0.717, 1.165) is 0 Å². The van der Waals surface area contributed by atoms with E-state index in [9.17, 15) is 8.78 Å². The smallest absolute Gasteiger partial charge is 0.224 e. The van der Waals surface area contributed by atoms with Gasteiger partial charge in [0.05, 0.1) is 10.7 Å². The zero-order valence-electron chi connectivity index (χ0n) is 15.5. The molecule has 3 heterocycles. The van der Waals surface area contributed by atoms with Crippen LogP contribution in [-0.2, 0) is 0 Å². The second-order valence-corrected chi connectivity index (χ2v) is 7.55. The number of hydrogen-bond acceptors (Lipinski definition) is 5. The number of rotatable bonds is 3. The van der Waals surface area contributed by atoms with E-state index in [4.69, 9.17) is 23.2 Å². The van der Waals surface area contributed by atoms with E-state index >= 15 is 0 Å². The Bertz CT molecular complexity index is 1050. The lowest BCUT2D eigenvalue weighted by Crippen LogP contribution is -2.53. The van der Waals surface area contributed by atoms with Gasteiger partial charge in [0.15, 0.2) is 11.6 Å². The first-order valence-corrected chi connectivity index (χ1v) is 9.80. The van der Waals surface area contributed by atoms with Crippen molar-refractivity contribution in [2.24, 2.45) is 0 Å². The van der Waals surface area contributed by atoms with Gasteiger partial charge in [-0.3, -0.25) is 0 Å². The van der Waals surface area contributed by atoms with Gasteiger partial charge >= 0.3 is 0 Å². The first-order valence-electron chi connectivity index (χ1n) is 9.04. The third-order valence-corrected chi connectivity index (χ3v) is 5.32. The van der Waals surface area contributed by atoms with Crippen molar-refractivity contribution < 1.29 is 8.78 Å². The van der Waals surface area contributed by atoms with Gasteiger partial charge in [0, 0.05) is 43.5 Å². The Labute approximate surface area is 176 Å². The Morgan fingerprint density at radius 1 is 1.03 bits per heavy atom. The van der Waals surface area contributed by atoms with Crippen molar-refractivity contribution >= 4 is 34.8 Å². The molecular formula is C20H17Cl2F2N5. The summed E-state index contributed by atoms with van der Waals surface area (Å²) in [6.45, 7) is 3.79. The van der Waals surface area contributed by atoms with Crippen molar-refractivity contribution in [3.8, 4) is 11.3 Å². The van der Waals surface area contributed by atoms with Crippen LogP contribution in [0.1, 0.15) is 6.92 Å². The number of piperazine rings is 1. The van der Waals surface area contributed by atoms with E-state index in [1.807, 2.05) is 11.8 Å². The molecule has 4 rings (SSSR count). The SMILES string of the molecule is CC1CN(c2ncccc2F)CCN1c1cc(-c2ccc(F)c(Cl)c2)nc(Cl)n1.